The number of ether oxygens (including phenoxy) is 2. The van der Waals surface area contributed by atoms with Crippen molar-refractivity contribution in [3.8, 4) is 0 Å². The highest BCUT2D eigenvalue weighted by Gasteiger charge is 2.51. The maximum absolute atomic E-state index is 12.8. The lowest BCUT2D eigenvalue weighted by Crippen LogP contribution is -2.64. The molecule has 1 aliphatic carbocycles. The fourth-order valence-corrected chi connectivity index (χ4v) is 8.05. The molecule has 0 aromatic carbocycles. The first kappa shape index (κ1) is 57.1. The number of aliphatic hydroxyl groups excluding tert-OH is 5. The van der Waals surface area contributed by atoms with Crippen LogP contribution >= 0.6 is 7.82 Å². The summed E-state index contributed by atoms with van der Waals surface area (Å²) in [6.07, 6.45) is 29.1. The highest BCUT2D eigenvalue weighted by molar-refractivity contribution is 7.47. The Bertz CT molecular complexity index is 1210. The molecule has 8 atom stereocenters. The first-order chi connectivity index (χ1) is 29.4. The lowest BCUT2D eigenvalue weighted by atomic mass is 9.85. The molecule has 0 spiro atoms. The van der Waals surface area contributed by atoms with E-state index in [0.717, 1.165) is 77.0 Å². The fourth-order valence-electron chi connectivity index (χ4n) is 7.08. The SMILES string of the molecule is CCCCC/C=C/C/C=C/CCCCCCCCCCCC(=O)OC[C@@H](COP(=O)(O)OC1C(O)C(O)C(O)[C@H](O)C1O)OC(=O)CCCCCCC/C=C/CCCCCC. The molecular formula is C47H85O13P. The van der Waals surface area contributed by atoms with E-state index in [-0.39, 0.29) is 12.8 Å². The topological polar surface area (TPSA) is 210 Å². The summed E-state index contributed by atoms with van der Waals surface area (Å²) in [5.41, 5.74) is 0. The van der Waals surface area contributed by atoms with Gasteiger partial charge in [0.25, 0.3) is 0 Å². The van der Waals surface area contributed by atoms with Crippen LogP contribution in [0.5, 0.6) is 0 Å². The van der Waals surface area contributed by atoms with Crippen LogP contribution in [0.15, 0.2) is 36.5 Å². The van der Waals surface area contributed by atoms with Gasteiger partial charge in [0.05, 0.1) is 6.61 Å². The Labute approximate surface area is 368 Å². The number of allylic oxidation sites excluding steroid dienone is 6. The van der Waals surface area contributed by atoms with E-state index < -0.39 is 75.7 Å². The van der Waals surface area contributed by atoms with Crippen molar-refractivity contribution in [3.63, 3.8) is 0 Å². The van der Waals surface area contributed by atoms with Crippen molar-refractivity contribution < 1.29 is 63.1 Å². The minimum Gasteiger partial charge on any atom is -0.462 e. The third-order valence-electron chi connectivity index (χ3n) is 11.0. The van der Waals surface area contributed by atoms with Crippen LogP contribution in [0.2, 0.25) is 0 Å². The Morgan fingerprint density at radius 2 is 0.885 bits per heavy atom. The second-order valence-electron chi connectivity index (χ2n) is 16.6. The van der Waals surface area contributed by atoms with E-state index in [1.807, 2.05) is 0 Å². The number of hydrogen-bond donors (Lipinski definition) is 6. The van der Waals surface area contributed by atoms with Crippen LogP contribution in [-0.4, -0.2) is 98.3 Å². The molecule has 0 aliphatic heterocycles. The summed E-state index contributed by atoms with van der Waals surface area (Å²) in [7, 11) is -5.12. The fraction of sp³-hybridized carbons (Fsp3) is 0.830. The predicted octanol–water partition coefficient (Wildman–Crippen LogP) is 9.39. The van der Waals surface area contributed by atoms with Crippen molar-refractivity contribution in [3.05, 3.63) is 36.5 Å². The maximum atomic E-state index is 12.8. The number of carbonyl (C=O) groups is 2. The van der Waals surface area contributed by atoms with Gasteiger partial charge in [0.15, 0.2) is 6.10 Å². The van der Waals surface area contributed by atoms with Gasteiger partial charge in [-0.3, -0.25) is 18.6 Å². The number of hydrogen-bond acceptors (Lipinski definition) is 12. The van der Waals surface area contributed by atoms with Crippen molar-refractivity contribution in [1.82, 2.24) is 0 Å². The number of phosphoric acid groups is 1. The number of carbonyl (C=O) groups excluding carboxylic acids is 2. The summed E-state index contributed by atoms with van der Waals surface area (Å²) in [6.45, 7) is 3.25. The maximum Gasteiger partial charge on any atom is 0.472 e. The van der Waals surface area contributed by atoms with Gasteiger partial charge in [-0.05, 0) is 70.6 Å². The van der Waals surface area contributed by atoms with Crippen molar-refractivity contribution in [2.75, 3.05) is 13.2 Å². The minimum atomic E-state index is -5.12. The molecule has 1 rings (SSSR count). The number of rotatable bonds is 39. The molecule has 1 fully saturated rings. The van der Waals surface area contributed by atoms with Crippen LogP contribution in [0, 0.1) is 0 Å². The van der Waals surface area contributed by atoms with E-state index in [2.05, 4.69) is 50.3 Å². The predicted molar refractivity (Wildman–Crippen MR) is 240 cm³/mol. The summed E-state index contributed by atoms with van der Waals surface area (Å²) in [6, 6.07) is 0. The third-order valence-corrected chi connectivity index (χ3v) is 11.9. The Morgan fingerprint density at radius 1 is 0.508 bits per heavy atom. The summed E-state index contributed by atoms with van der Waals surface area (Å²) in [5, 5.41) is 50.1. The van der Waals surface area contributed by atoms with Gasteiger partial charge in [-0.25, -0.2) is 4.57 Å². The van der Waals surface area contributed by atoms with Gasteiger partial charge >= 0.3 is 19.8 Å². The number of esters is 2. The summed E-state index contributed by atoms with van der Waals surface area (Å²) < 4.78 is 33.5. The highest BCUT2D eigenvalue weighted by Crippen LogP contribution is 2.47. The molecular weight excluding hydrogens is 803 g/mol. The Balaban J connectivity index is 2.43. The summed E-state index contributed by atoms with van der Waals surface area (Å²) in [4.78, 5) is 35.7. The number of phosphoric ester groups is 1. The van der Waals surface area contributed by atoms with Crippen LogP contribution in [-0.2, 0) is 32.7 Å². The van der Waals surface area contributed by atoms with Gasteiger partial charge in [0, 0.05) is 12.8 Å². The zero-order valence-corrected chi connectivity index (χ0v) is 38.6. The first-order valence-corrected chi connectivity index (χ1v) is 25.3. The van der Waals surface area contributed by atoms with Crippen LogP contribution in [0.3, 0.4) is 0 Å². The van der Waals surface area contributed by atoms with Gasteiger partial charge < -0.3 is 39.9 Å². The molecule has 1 aliphatic rings. The molecule has 14 heteroatoms. The molecule has 61 heavy (non-hydrogen) atoms. The molecule has 356 valence electrons. The quantitative estimate of drug-likeness (QED) is 0.0147. The Kier molecular flexibility index (Phi) is 35.0. The standard InChI is InChI=1S/C47H85O13P/c1-3-5-7-9-11-13-15-17-18-19-20-21-22-24-25-27-29-31-33-35-40(48)57-37-39(38-58-61(55,56)60-47-45(53)43(51)42(50)44(52)46(47)54)59-41(49)36-34-32-30-28-26-23-16-14-12-10-8-6-4-2/h11,13-14,16-18,39,42-47,50-54H,3-10,12,15,19-38H2,1-2H3,(H,55,56)/b13-11+,16-14+,18-17+/t39-,42?,43-,44?,45?,46?,47?/m0/s1. The molecule has 1 saturated carbocycles. The normalized spacial score (nSPS) is 22.3. The van der Waals surface area contributed by atoms with Gasteiger partial charge in [0.2, 0.25) is 0 Å². The average Bonchev–Trinajstić information content (AvgIpc) is 3.24. The molecule has 0 saturated heterocycles. The van der Waals surface area contributed by atoms with Crippen molar-refractivity contribution in [2.45, 2.75) is 236 Å². The van der Waals surface area contributed by atoms with Crippen LogP contribution in [0.25, 0.3) is 0 Å². The van der Waals surface area contributed by atoms with Crippen LogP contribution in [0.1, 0.15) is 194 Å². The second-order valence-corrected chi connectivity index (χ2v) is 18.0. The molecule has 0 aromatic rings. The molecule has 0 heterocycles. The zero-order valence-electron chi connectivity index (χ0n) is 37.7. The van der Waals surface area contributed by atoms with E-state index in [1.165, 1.54) is 77.0 Å². The Hall–Kier alpha value is -1.93. The summed E-state index contributed by atoms with van der Waals surface area (Å²) in [5.74, 6) is -1.11. The van der Waals surface area contributed by atoms with Crippen molar-refractivity contribution in [2.24, 2.45) is 0 Å². The van der Waals surface area contributed by atoms with E-state index in [0.29, 0.717) is 12.8 Å². The van der Waals surface area contributed by atoms with Crippen molar-refractivity contribution in [1.29, 1.82) is 0 Å². The minimum absolute atomic E-state index is 0.0860. The number of unbranched alkanes of at least 4 members (excludes halogenated alkanes) is 21. The molecule has 0 aromatic heterocycles. The van der Waals surface area contributed by atoms with Gasteiger partial charge in [-0.15, -0.1) is 0 Å². The summed E-state index contributed by atoms with van der Waals surface area (Å²) >= 11 is 0. The second kappa shape index (κ2) is 37.4. The lowest BCUT2D eigenvalue weighted by Gasteiger charge is -2.41. The van der Waals surface area contributed by atoms with E-state index in [9.17, 15) is 44.6 Å². The monoisotopic (exact) mass is 889 g/mol. The van der Waals surface area contributed by atoms with Crippen LogP contribution < -0.4 is 0 Å². The smallest absolute Gasteiger partial charge is 0.462 e. The van der Waals surface area contributed by atoms with E-state index >= 15 is 0 Å². The largest absolute Gasteiger partial charge is 0.472 e. The molecule has 0 bridgehead atoms. The van der Waals surface area contributed by atoms with E-state index in [1.54, 1.807) is 0 Å². The molecule has 0 radical (unpaired) electrons. The average molecular weight is 889 g/mol. The first-order valence-electron chi connectivity index (χ1n) is 23.8. The van der Waals surface area contributed by atoms with E-state index in [4.69, 9.17) is 18.5 Å². The van der Waals surface area contributed by atoms with Crippen LogP contribution in [0.4, 0.5) is 0 Å². The third kappa shape index (κ3) is 30.0. The Morgan fingerprint density at radius 3 is 1.38 bits per heavy atom. The lowest BCUT2D eigenvalue weighted by molar-refractivity contribution is -0.220. The van der Waals surface area contributed by atoms with Gasteiger partial charge in [0.1, 0.15) is 43.2 Å². The number of aliphatic hydroxyl groups is 5. The molecule has 6 unspecified atom stereocenters. The molecule has 13 nitrogen and oxygen atoms in total. The highest BCUT2D eigenvalue weighted by atomic mass is 31.2. The van der Waals surface area contributed by atoms with Crippen molar-refractivity contribution >= 4 is 19.8 Å². The molecule has 6 N–H and O–H groups in total. The van der Waals surface area contributed by atoms with Gasteiger partial charge in [-0.1, -0.05) is 147 Å². The zero-order chi connectivity index (χ0) is 45.0. The molecule has 0 amide bonds. The van der Waals surface area contributed by atoms with Gasteiger partial charge in [-0.2, -0.15) is 0 Å².